The van der Waals surface area contributed by atoms with Crippen LogP contribution in [-0.4, -0.2) is 18.4 Å². The molecule has 0 radical (unpaired) electrons. The summed E-state index contributed by atoms with van der Waals surface area (Å²) in [6.07, 6.45) is 1.24. The summed E-state index contributed by atoms with van der Waals surface area (Å²) in [4.78, 5) is 23.4. The van der Waals surface area contributed by atoms with E-state index in [1.54, 1.807) is 24.3 Å². The molecule has 25 heavy (non-hydrogen) atoms. The van der Waals surface area contributed by atoms with E-state index in [1.807, 2.05) is 38.1 Å². The third kappa shape index (κ3) is 6.67. The Morgan fingerprint density at radius 2 is 1.44 bits per heavy atom. The standard InChI is InChI=1S/C20H24N2O3/c1-3-14-21-19(23)12-13-20(24)22-16-6-10-18(11-7-16)25-17-8-4-15(2)5-9-17/h4-11H,3,12-14H2,1-2H3,(H,21,23)(H,22,24). The molecule has 0 bridgehead atoms. The number of carbonyl (C=O) groups excluding carboxylic acids is 2. The zero-order chi connectivity index (χ0) is 18.1. The Kier molecular flexibility index (Phi) is 7.01. The number of nitrogens with one attached hydrogen (secondary N) is 2. The van der Waals surface area contributed by atoms with Gasteiger partial charge < -0.3 is 15.4 Å². The molecule has 0 aliphatic carbocycles. The minimum absolute atomic E-state index is 0.0983. The summed E-state index contributed by atoms with van der Waals surface area (Å²) in [6, 6.07) is 14.9. The van der Waals surface area contributed by atoms with E-state index in [9.17, 15) is 9.59 Å². The van der Waals surface area contributed by atoms with Gasteiger partial charge in [0.2, 0.25) is 11.8 Å². The first kappa shape index (κ1) is 18.5. The van der Waals surface area contributed by atoms with Gasteiger partial charge in [-0.3, -0.25) is 9.59 Å². The van der Waals surface area contributed by atoms with Crippen LogP contribution in [0.15, 0.2) is 48.5 Å². The van der Waals surface area contributed by atoms with E-state index in [0.717, 1.165) is 12.2 Å². The van der Waals surface area contributed by atoms with Crippen LogP contribution in [0.25, 0.3) is 0 Å². The van der Waals surface area contributed by atoms with Crippen molar-refractivity contribution in [1.29, 1.82) is 0 Å². The molecule has 0 unspecified atom stereocenters. The molecule has 0 aliphatic heterocycles. The smallest absolute Gasteiger partial charge is 0.224 e. The first-order valence-corrected chi connectivity index (χ1v) is 8.48. The van der Waals surface area contributed by atoms with Gasteiger partial charge in [-0.05, 0) is 49.7 Å². The predicted octanol–water partition coefficient (Wildman–Crippen LogP) is 4.03. The van der Waals surface area contributed by atoms with Gasteiger partial charge in [0.1, 0.15) is 11.5 Å². The van der Waals surface area contributed by atoms with Crippen LogP contribution >= 0.6 is 0 Å². The molecule has 132 valence electrons. The van der Waals surface area contributed by atoms with E-state index in [0.29, 0.717) is 18.0 Å². The Labute approximate surface area is 148 Å². The summed E-state index contributed by atoms with van der Waals surface area (Å²) < 4.78 is 5.74. The summed E-state index contributed by atoms with van der Waals surface area (Å²) in [5.74, 6) is 1.18. The van der Waals surface area contributed by atoms with Crippen molar-refractivity contribution in [2.24, 2.45) is 0 Å². The highest BCUT2D eigenvalue weighted by Gasteiger charge is 2.07. The van der Waals surface area contributed by atoms with Gasteiger partial charge in [0.25, 0.3) is 0 Å². The quantitative estimate of drug-likeness (QED) is 0.762. The maximum atomic E-state index is 11.9. The van der Waals surface area contributed by atoms with Crippen LogP contribution < -0.4 is 15.4 Å². The number of anilines is 1. The van der Waals surface area contributed by atoms with Crippen molar-refractivity contribution in [3.05, 3.63) is 54.1 Å². The second-order valence-corrected chi connectivity index (χ2v) is 5.84. The number of ether oxygens (including phenoxy) is 1. The number of carbonyl (C=O) groups is 2. The fourth-order valence-corrected chi connectivity index (χ4v) is 2.15. The van der Waals surface area contributed by atoms with E-state index < -0.39 is 0 Å². The molecule has 0 atom stereocenters. The molecule has 2 rings (SSSR count). The van der Waals surface area contributed by atoms with Crippen molar-refractivity contribution in [1.82, 2.24) is 5.32 Å². The predicted molar refractivity (Wildman–Crippen MR) is 98.9 cm³/mol. The molecule has 2 amide bonds. The number of amides is 2. The Morgan fingerprint density at radius 3 is 2.04 bits per heavy atom. The third-order valence-electron chi connectivity index (χ3n) is 3.55. The molecule has 2 aromatic carbocycles. The topological polar surface area (TPSA) is 67.4 Å². The molecule has 0 aliphatic rings. The normalized spacial score (nSPS) is 10.2. The van der Waals surface area contributed by atoms with E-state index in [-0.39, 0.29) is 24.7 Å². The molecule has 2 aromatic rings. The molecular weight excluding hydrogens is 316 g/mol. The lowest BCUT2D eigenvalue weighted by Gasteiger charge is -2.08. The second kappa shape index (κ2) is 9.47. The highest BCUT2D eigenvalue weighted by molar-refractivity contribution is 5.93. The monoisotopic (exact) mass is 340 g/mol. The Bertz CT molecular complexity index is 694. The van der Waals surface area contributed by atoms with Gasteiger partial charge in [0.05, 0.1) is 0 Å². The van der Waals surface area contributed by atoms with E-state index in [2.05, 4.69) is 10.6 Å². The summed E-state index contributed by atoms with van der Waals surface area (Å²) in [6.45, 7) is 4.65. The van der Waals surface area contributed by atoms with Crippen molar-refractivity contribution < 1.29 is 14.3 Å². The Morgan fingerprint density at radius 1 is 0.880 bits per heavy atom. The van der Waals surface area contributed by atoms with Crippen molar-refractivity contribution in [2.45, 2.75) is 33.1 Å². The van der Waals surface area contributed by atoms with Crippen LogP contribution in [-0.2, 0) is 9.59 Å². The highest BCUT2D eigenvalue weighted by Crippen LogP contribution is 2.23. The van der Waals surface area contributed by atoms with Gasteiger partial charge in [-0.1, -0.05) is 24.6 Å². The lowest BCUT2D eigenvalue weighted by Crippen LogP contribution is -2.25. The first-order valence-electron chi connectivity index (χ1n) is 8.48. The fourth-order valence-electron chi connectivity index (χ4n) is 2.15. The van der Waals surface area contributed by atoms with Gasteiger partial charge in [-0.2, -0.15) is 0 Å². The molecule has 2 N–H and O–H groups in total. The zero-order valence-electron chi connectivity index (χ0n) is 14.7. The average molecular weight is 340 g/mol. The van der Waals surface area contributed by atoms with Gasteiger partial charge in [0.15, 0.2) is 0 Å². The lowest BCUT2D eigenvalue weighted by atomic mass is 10.2. The fraction of sp³-hybridized carbons (Fsp3) is 0.300. The van der Waals surface area contributed by atoms with Crippen LogP contribution in [0.1, 0.15) is 31.7 Å². The van der Waals surface area contributed by atoms with Gasteiger partial charge in [-0.15, -0.1) is 0 Å². The Balaban J connectivity index is 1.80. The molecule has 0 spiro atoms. The summed E-state index contributed by atoms with van der Waals surface area (Å²) in [7, 11) is 0. The SMILES string of the molecule is CCCNC(=O)CCC(=O)Nc1ccc(Oc2ccc(C)cc2)cc1. The number of hydrogen-bond acceptors (Lipinski definition) is 3. The van der Waals surface area contributed by atoms with Crippen LogP contribution in [0.5, 0.6) is 11.5 Å². The van der Waals surface area contributed by atoms with E-state index in [1.165, 1.54) is 5.56 Å². The van der Waals surface area contributed by atoms with Crippen LogP contribution in [0.2, 0.25) is 0 Å². The number of aryl methyl sites for hydroxylation is 1. The minimum atomic E-state index is -0.182. The molecule has 0 heterocycles. The van der Waals surface area contributed by atoms with Crippen molar-refractivity contribution in [2.75, 3.05) is 11.9 Å². The van der Waals surface area contributed by atoms with Crippen LogP contribution in [0.3, 0.4) is 0 Å². The van der Waals surface area contributed by atoms with Crippen molar-refractivity contribution in [3.8, 4) is 11.5 Å². The highest BCUT2D eigenvalue weighted by atomic mass is 16.5. The lowest BCUT2D eigenvalue weighted by molar-refractivity contribution is -0.124. The van der Waals surface area contributed by atoms with Crippen LogP contribution in [0.4, 0.5) is 5.69 Å². The third-order valence-corrected chi connectivity index (χ3v) is 3.55. The molecule has 0 fully saturated rings. The molecular formula is C20H24N2O3. The minimum Gasteiger partial charge on any atom is -0.457 e. The maximum Gasteiger partial charge on any atom is 0.224 e. The van der Waals surface area contributed by atoms with Crippen LogP contribution in [0, 0.1) is 6.92 Å². The number of benzene rings is 2. The molecule has 0 saturated carbocycles. The summed E-state index contributed by atoms with van der Waals surface area (Å²) in [5, 5.41) is 5.53. The van der Waals surface area contributed by atoms with Gasteiger partial charge in [0, 0.05) is 25.1 Å². The largest absolute Gasteiger partial charge is 0.457 e. The molecule has 0 saturated heterocycles. The summed E-state index contributed by atoms with van der Waals surface area (Å²) in [5.41, 5.74) is 1.85. The van der Waals surface area contributed by atoms with E-state index in [4.69, 9.17) is 4.74 Å². The van der Waals surface area contributed by atoms with Gasteiger partial charge >= 0.3 is 0 Å². The summed E-state index contributed by atoms with van der Waals surface area (Å²) >= 11 is 0. The molecule has 5 nitrogen and oxygen atoms in total. The number of hydrogen-bond donors (Lipinski definition) is 2. The Hall–Kier alpha value is -2.82. The second-order valence-electron chi connectivity index (χ2n) is 5.84. The first-order chi connectivity index (χ1) is 12.1. The maximum absolute atomic E-state index is 11.9. The molecule has 0 aromatic heterocycles. The zero-order valence-corrected chi connectivity index (χ0v) is 14.7. The van der Waals surface area contributed by atoms with Crippen molar-refractivity contribution >= 4 is 17.5 Å². The van der Waals surface area contributed by atoms with E-state index >= 15 is 0 Å². The average Bonchev–Trinajstić information content (AvgIpc) is 2.62. The van der Waals surface area contributed by atoms with Gasteiger partial charge in [-0.25, -0.2) is 0 Å². The number of rotatable bonds is 8. The van der Waals surface area contributed by atoms with Crippen molar-refractivity contribution in [3.63, 3.8) is 0 Å². The molecule has 5 heteroatoms.